The zero-order valence-electron chi connectivity index (χ0n) is 12.1. The smallest absolute Gasteiger partial charge is 0.418 e. The zero-order valence-corrected chi connectivity index (χ0v) is 12.1. The second-order valence-corrected chi connectivity index (χ2v) is 4.97. The lowest BCUT2D eigenvalue weighted by atomic mass is 10.1. The molecule has 0 aliphatic carbocycles. The van der Waals surface area contributed by atoms with Crippen molar-refractivity contribution in [2.75, 3.05) is 7.11 Å². The lowest BCUT2D eigenvalue weighted by Gasteiger charge is -2.15. The molecule has 0 aliphatic heterocycles. The van der Waals surface area contributed by atoms with Gasteiger partial charge in [-0.15, -0.1) is 0 Å². The number of nitrogens with zero attached hydrogens (tertiary/aromatic N) is 1. The van der Waals surface area contributed by atoms with Crippen molar-refractivity contribution in [2.45, 2.75) is 6.18 Å². The van der Waals surface area contributed by atoms with E-state index in [2.05, 4.69) is 4.74 Å². The second kappa shape index (κ2) is 5.46. The van der Waals surface area contributed by atoms with Crippen LogP contribution in [-0.2, 0) is 10.9 Å². The van der Waals surface area contributed by atoms with E-state index in [1.807, 2.05) is 12.1 Å². The van der Waals surface area contributed by atoms with Gasteiger partial charge in [-0.25, -0.2) is 4.79 Å². The normalized spacial score (nSPS) is 11.7. The van der Waals surface area contributed by atoms with Crippen molar-refractivity contribution in [1.82, 2.24) is 4.57 Å². The van der Waals surface area contributed by atoms with Gasteiger partial charge in [-0.2, -0.15) is 13.2 Å². The first-order valence-electron chi connectivity index (χ1n) is 6.78. The number of halogens is 3. The predicted molar refractivity (Wildman–Crippen MR) is 79.6 cm³/mol. The summed E-state index contributed by atoms with van der Waals surface area (Å²) in [5.41, 5.74) is -0.235. The average Bonchev–Trinajstić information content (AvgIpc) is 2.96. The van der Waals surface area contributed by atoms with E-state index < -0.39 is 17.7 Å². The Morgan fingerprint density at radius 1 is 1.09 bits per heavy atom. The van der Waals surface area contributed by atoms with E-state index in [1.165, 1.54) is 17.7 Å². The van der Waals surface area contributed by atoms with Gasteiger partial charge >= 0.3 is 12.1 Å². The molecule has 0 atom stereocenters. The Balaban J connectivity index is 2.28. The predicted octanol–water partition coefficient (Wildman–Crippen LogP) is 4.44. The van der Waals surface area contributed by atoms with Gasteiger partial charge in [-0.3, -0.25) is 0 Å². The molecule has 2 aromatic carbocycles. The summed E-state index contributed by atoms with van der Waals surface area (Å²) in [6.07, 6.45) is -2.98. The third-order valence-corrected chi connectivity index (χ3v) is 3.58. The molecule has 23 heavy (non-hydrogen) atoms. The van der Waals surface area contributed by atoms with E-state index in [0.717, 1.165) is 17.5 Å². The lowest BCUT2D eigenvalue weighted by Crippen LogP contribution is -2.12. The van der Waals surface area contributed by atoms with Crippen molar-refractivity contribution in [1.29, 1.82) is 0 Å². The second-order valence-electron chi connectivity index (χ2n) is 4.97. The molecular formula is C17H12F3NO2. The molecule has 1 aromatic heterocycles. The topological polar surface area (TPSA) is 31.2 Å². The zero-order chi connectivity index (χ0) is 16.6. The Bertz CT molecular complexity index is 881. The third-order valence-electron chi connectivity index (χ3n) is 3.58. The summed E-state index contributed by atoms with van der Waals surface area (Å²) in [6, 6.07) is 12.0. The number of hydrogen-bond donors (Lipinski definition) is 0. The van der Waals surface area contributed by atoms with Crippen LogP contribution in [0, 0.1) is 0 Å². The van der Waals surface area contributed by atoms with Gasteiger partial charge in [0.05, 0.1) is 29.4 Å². The maximum atomic E-state index is 13.3. The maximum Gasteiger partial charge on any atom is 0.418 e. The number of fused-ring (bicyclic) bond motifs is 1. The quantitative estimate of drug-likeness (QED) is 0.654. The highest BCUT2D eigenvalue weighted by molar-refractivity contribution is 5.91. The minimum absolute atomic E-state index is 0.0632. The van der Waals surface area contributed by atoms with Gasteiger partial charge < -0.3 is 9.30 Å². The highest BCUT2D eigenvalue weighted by atomic mass is 19.4. The van der Waals surface area contributed by atoms with Gasteiger partial charge in [0, 0.05) is 6.20 Å². The SMILES string of the molecule is COC(=O)c1ccc(C(F)(F)F)c(-n2ccc3ccccc32)c1. The first-order valence-corrected chi connectivity index (χ1v) is 6.78. The Morgan fingerprint density at radius 3 is 2.52 bits per heavy atom. The van der Waals surface area contributed by atoms with E-state index in [1.54, 1.807) is 24.4 Å². The Kier molecular flexibility index (Phi) is 3.60. The molecule has 3 rings (SSSR count). The number of esters is 1. The highest BCUT2D eigenvalue weighted by Crippen LogP contribution is 2.36. The van der Waals surface area contributed by atoms with Crippen LogP contribution in [-0.4, -0.2) is 17.6 Å². The fourth-order valence-corrected chi connectivity index (χ4v) is 2.51. The minimum Gasteiger partial charge on any atom is -0.465 e. The van der Waals surface area contributed by atoms with Crippen LogP contribution in [0.2, 0.25) is 0 Å². The third kappa shape index (κ3) is 2.67. The number of alkyl halides is 3. The fourth-order valence-electron chi connectivity index (χ4n) is 2.51. The van der Waals surface area contributed by atoms with Gasteiger partial charge in [0.1, 0.15) is 0 Å². The molecule has 0 unspecified atom stereocenters. The van der Waals surface area contributed by atoms with E-state index >= 15 is 0 Å². The van der Waals surface area contributed by atoms with Crippen LogP contribution in [0.4, 0.5) is 13.2 Å². The largest absolute Gasteiger partial charge is 0.465 e. The summed E-state index contributed by atoms with van der Waals surface area (Å²) in [5, 5.41) is 0.809. The molecule has 0 amide bonds. The molecule has 118 valence electrons. The highest BCUT2D eigenvalue weighted by Gasteiger charge is 2.34. The maximum absolute atomic E-state index is 13.3. The van der Waals surface area contributed by atoms with E-state index in [-0.39, 0.29) is 11.3 Å². The molecule has 0 radical (unpaired) electrons. The van der Waals surface area contributed by atoms with Crippen LogP contribution in [0.5, 0.6) is 0 Å². The first kappa shape index (κ1) is 15.1. The first-order chi connectivity index (χ1) is 10.9. The summed E-state index contributed by atoms with van der Waals surface area (Å²) < 4.78 is 46.0. The van der Waals surface area contributed by atoms with Gasteiger partial charge in [0.2, 0.25) is 0 Å². The number of ether oxygens (including phenoxy) is 1. The van der Waals surface area contributed by atoms with Crippen molar-refractivity contribution in [3.63, 3.8) is 0 Å². The molecule has 0 N–H and O–H groups in total. The number of carbonyl (C=O) groups is 1. The number of rotatable bonds is 2. The van der Waals surface area contributed by atoms with E-state index in [9.17, 15) is 18.0 Å². The van der Waals surface area contributed by atoms with Crippen LogP contribution in [0.1, 0.15) is 15.9 Å². The van der Waals surface area contributed by atoms with Gasteiger partial charge in [-0.05, 0) is 35.7 Å². The molecule has 0 fully saturated rings. The number of hydrogen-bond acceptors (Lipinski definition) is 2. The van der Waals surface area contributed by atoms with Crippen LogP contribution >= 0.6 is 0 Å². The number of methoxy groups -OCH3 is 1. The van der Waals surface area contributed by atoms with Crippen LogP contribution in [0.3, 0.4) is 0 Å². The van der Waals surface area contributed by atoms with Crippen molar-refractivity contribution < 1.29 is 22.7 Å². The Hall–Kier alpha value is -2.76. The van der Waals surface area contributed by atoms with Crippen molar-refractivity contribution in [3.05, 3.63) is 65.9 Å². The van der Waals surface area contributed by atoms with Crippen LogP contribution in [0.15, 0.2) is 54.7 Å². The molecule has 0 spiro atoms. The summed E-state index contributed by atoms with van der Waals surface area (Å²) in [5.74, 6) is -0.684. The molecule has 3 nitrogen and oxygen atoms in total. The molecule has 0 saturated carbocycles. The number of carbonyl (C=O) groups excluding carboxylic acids is 1. The van der Waals surface area contributed by atoms with Crippen molar-refractivity contribution >= 4 is 16.9 Å². The number of para-hydroxylation sites is 1. The summed E-state index contributed by atoms with van der Waals surface area (Å²) >= 11 is 0. The average molecular weight is 319 g/mol. The molecule has 0 saturated heterocycles. The summed E-state index contributed by atoms with van der Waals surface area (Å²) in [6.45, 7) is 0. The van der Waals surface area contributed by atoms with E-state index in [4.69, 9.17) is 0 Å². The van der Waals surface area contributed by atoms with Gasteiger partial charge in [-0.1, -0.05) is 18.2 Å². The summed E-state index contributed by atoms with van der Waals surface area (Å²) in [7, 11) is 1.19. The van der Waals surface area contributed by atoms with Crippen LogP contribution in [0.25, 0.3) is 16.6 Å². The van der Waals surface area contributed by atoms with E-state index in [0.29, 0.717) is 5.52 Å². The van der Waals surface area contributed by atoms with Crippen molar-refractivity contribution in [3.8, 4) is 5.69 Å². The molecular weight excluding hydrogens is 307 g/mol. The Labute approximate surface area is 129 Å². The Morgan fingerprint density at radius 2 is 1.83 bits per heavy atom. The molecule has 1 heterocycles. The minimum atomic E-state index is -4.53. The molecule has 3 aromatic rings. The summed E-state index contributed by atoms with van der Waals surface area (Å²) in [4.78, 5) is 11.6. The van der Waals surface area contributed by atoms with Gasteiger partial charge in [0.15, 0.2) is 0 Å². The molecule has 0 aliphatic rings. The number of aromatic nitrogens is 1. The van der Waals surface area contributed by atoms with Crippen LogP contribution < -0.4 is 0 Å². The monoisotopic (exact) mass is 319 g/mol. The molecule has 0 bridgehead atoms. The molecule has 6 heteroatoms. The standard InChI is InChI=1S/C17H12F3NO2/c1-23-16(22)12-6-7-13(17(18,19)20)15(10-12)21-9-8-11-4-2-3-5-14(11)21/h2-10H,1H3. The fraction of sp³-hybridized carbons (Fsp3) is 0.118. The number of benzene rings is 2. The van der Waals surface area contributed by atoms with Crippen molar-refractivity contribution in [2.24, 2.45) is 0 Å². The van der Waals surface area contributed by atoms with Gasteiger partial charge in [0.25, 0.3) is 0 Å². The lowest BCUT2D eigenvalue weighted by molar-refractivity contribution is -0.137.